The minimum Gasteiger partial charge on any atom is -0.372 e. The van der Waals surface area contributed by atoms with Crippen LogP contribution in [0.5, 0.6) is 0 Å². The van der Waals surface area contributed by atoms with Gasteiger partial charge >= 0.3 is 0 Å². The first-order chi connectivity index (χ1) is 13.0. The lowest BCUT2D eigenvalue weighted by Crippen LogP contribution is -2.47. The standard InChI is InChI=1S/C20H33FN4OS.HI/c1-4-27(26)17-10-7-9-16(15-17)24-20(22-2)23-13-8-14-25(3)19-12-6-5-11-18(19)21;/h5-6,11-12,16-17H,4,7-10,13-15H2,1-3H3,(H2,22,23,24);1H. The highest BCUT2D eigenvalue weighted by Crippen LogP contribution is 2.23. The Bertz CT molecular complexity index is 646. The molecule has 1 aliphatic rings. The minimum atomic E-state index is -0.720. The quantitative estimate of drug-likeness (QED) is 0.237. The van der Waals surface area contributed by atoms with E-state index in [4.69, 9.17) is 0 Å². The zero-order valence-corrected chi connectivity index (χ0v) is 20.3. The maximum atomic E-state index is 13.8. The summed E-state index contributed by atoms with van der Waals surface area (Å²) in [5, 5.41) is 7.11. The molecule has 1 aliphatic carbocycles. The number of benzene rings is 1. The van der Waals surface area contributed by atoms with Gasteiger partial charge in [0, 0.05) is 55.0 Å². The second kappa shape index (κ2) is 13.3. The average molecular weight is 524 g/mol. The number of guanidine groups is 1. The molecule has 5 nitrogen and oxygen atoms in total. The largest absolute Gasteiger partial charge is 0.372 e. The highest BCUT2D eigenvalue weighted by molar-refractivity contribution is 14.0. The molecule has 1 aromatic rings. The van der Waals surface area contributed by atoms with Crippen LogP contribution in [0.4, 0.5) is 10.1 Å². The molecule has 0 heterocycles. The van der Waals surface area contributed by atoms with Crippen LogP contribution in [0.25, 0.3) is 0 Å². The normalized spacial score (nSPS) is 20.8. The third kappa shape index (κ3) is 7.85. The van der Waals surface area contributed by atoms with E-state index in [9.17, 15) is 8.60 Å². The summed E-state index contributed by atoms with van der Waals surface area (Å²) in [6.07, 6.45) is 5.08. The summed E-state index contributed by atoms with van der Waals surface area (Å²) >= 11 is 0. The number of rotatable bonds is 8. The van der Waals surface area contributed by atoms with E-state index in [1.165, 1.54) is 6.07 Å². The minimum absolute atomic E-state index is 0. The summed E-state index contributed by atoms with van der Waals surface area (Å²) in [6.45, 7) is 3.51. The summed E-state index contributed by atoms with van der Waals surface area (Å²) in [7, 11) is 2.95. The lowest BCUT2D eigenvalue weighted by molar-refractivity contribution is 0.413. The van der Waals surface area contributed by atoms with Crippen LogP contribution >= 0.6 is 24.0 Å². The first-order valence-corrected chi connectivity index (χ1v) is 11.2. The molecule has 3 atom stereocenters. The van der Waals surface area contributed by atoms with Gasteiger partial charge in [-0.1, -0.05) is 25.5 Å². The van der Waals surface area contributed by atoms with E-state index < -0.39 is 10.8 Å². The Hall–Kier alpha value is -0.900. The van der Waals surface area contributed by atoms with E-state index in [-0.39, 0.29) is 29.8 Å². The molecule has 0 radical (unpaired) electrons. The van der Waals surface area contributed by atoms with E-state index >= 15 is 0 Å². The van der Waals surface area contributed by atoms with Gasteiger partial charge in [0.2, 0.25) is 0 Å². The van der Waals surface area contributed by atoms with Gasteiger partial charge in [-0.2, -0.15) is 0 Å². The molecular weight excluding hydrogens is 490 g/mol. The summed E-state index contributed by atoms with van der Waals surface area (Å²) in [5.41, 5.74) is 0.622. The summed E-state index contributed by atoms with van der Waals surface area (Å²) in [5.74, 6) is 1.33. The van der Waals surface area contributed by atoms with E-state index in [0.717, 1.165) is 56.9 Å². The van der Waals surface area contributed by atoms with Crippen molar-refractivity contribution >= 4 is 46.4 Å². The number of halogens is 2. The summed E-state index contributed by atoms with van der Waals surface area (Å²) in [4.78, 5) is 6.24. The summed E-state index contributed by atoms with van der Waals surface area (Å²) in [6, 6.07) is 7.16. The number of aliphatic imine (C=N–C) groups is 1. The van der Waals surface area contributed by atoms with Gasteiger partial charge in [0.25, 0.3) is 0 Å². The highest BCUT2D eigenvalue weighted by atomic mass is 127. The Kier molecular flexibility index (Phi) is 12.0. The third-order valence-electron chi connectivity index (χ3n) is 5.07. The van der Waals surface area contributed by atoms with Crippen molar-refractivity contribution in [3.05, 3.63) is 30.1 Å². The predicted octanol–water partition coefficient (Wildman–Crippen LogP) is 3.51. The van der Waals surface area contributed by atoms with E-state index in [1.807, 2.05) is 24.9 Å². The predicted molar refractivity (Wildman–Crippen MR) is 129 cm³/mol. The molecular formula is C20H34FIN4OS. The fraction of sp³-hybridized carbons (Fsp3) is 0.650. The van der Waals surface area contributed by atoms with Crippen LogP contribution in [0.3, 0.4) is 0 Å². The molecule has 0 spiro atoms. The van der Waals surface area contributed by atoms with Crippen molar-refractivity contribution in [2.24, 2.45) is 4.99 Å². The lowest BCUT2D eigenvalue weighted by atomic mass is 9.95. The molecule has 1 fully saturated rings. The molecule has 0 aromatic heterocycles. The maximum absolute atomic E-state index is 13.8. The van der Waals surface area contributed by atoms with Gasteiger partial charge in [-0.05, 0) is 37.8 Å². The first kappa shape index (κ1) is 25.1. The van der Waals surface area contributed by atoms with Gasteiger partial charge in [-0.25, -0.2) is 4.39 Å². The molecule has 0 aliphatic heterocycles. The first-order valence-electron chi connectivity index (χ1n) is 9.85. The number of hydrogen-bond donors (Lipinski definition) is 2. The van der Waals surface area contributed by atoms with Crippen molar-refractivity contribution in [1.29, 1.82) is 0 Å². The van der Waals surface area contributed by atoms with Crippen LogP contribution < -0.4 is 15.5 Å². The molecule has 2 N–H and O–H groups in total. The van der Waals surface area contributed by atoms with Crippen LogP contribution in [-0.2, 0) is 10.8 Å². The Morgan fingerprint density at radius 2 is 2.11 bits per heavy atom. The molecule has 8 heteroatoms. The monoisotopic (exact) mass is 524 g/mol. The Labute approximate surface area is 188 Å². The van der Waals surface area contributed by atoms with Gasteiger partial charge in [0.15, 0.2) is 5.96 Å². The number of para-hydroxylation sites is 1. The topological polar surface area (TPSA) is 56.7 Å². The second-order valence-electron chi connectivity index (χ2n) is 7.02. The number of nitrogens with one attached hydrogen (secondary N) is 2. The van der Waals surface area contributed by atoms with E-state index in [0.29, 0.717) is 17.0 Å². The summed E-state index contributed by atoms with van der Waals surface area (Å²) < 4.78 is 25.9. The molecule has 1 saturated carbocycles. The van der Waals surface area contributed by atoms with Crippen molar-refractivity contribution in [3.8, 4) is 0 Å². The van der Waals surface area contributed by atoms with Crippen LogP contribution in [0.1, 0.15) is 39.0 Å². The van der Waals surface area contributed by atoms with Crippen LogP contribution in [0.15, 0.2) is 29.3 Å². The fourth-order valence-corrected chi connectivity index (χ4v) is 4.89. The molecule has 28 heavy (non-hydrogen) atoms. The fourth-order valence-electron chi connectivity index (χ4n) is 3.54. The smallest absolute Gasteiger partial charge is 0.191 e. The molecule has 0 saturated heterocycles. The number of anilines is 1. The average Bonchev–Trinajstić information content (AvgIpc) is 2.70. The van der Waals surface area contributed by atoms with Crippen LogP contribution in [0.2, 0.25) is 0 Å². The van der Waals surface area contributed by atoms with Crippen molar-refractivity contribution in [1.82, 2.24) is 10.6 Å². The lowest BCUT2D eigenvalue weighted by Gasteiger charge is -2.30. The van der Waals surface area contributed by atoms with Crippen LogP contribution in [0, 0.1) is 5.82 Å². The molecule has 2 rings (SSSR count). The van der Waals surface area contributed by atoms with Crippen molar-refractivity contribution in [2.45, 2.75) is 50.3 Å². The Morgan fingerprint density at radius 3 is 2.79 bits per heavy atom. The van der Waals surface area contributed by atoms with Crippen LogP contribution in [-0.4, -0.2) is 54.4 Å². The SMILES string of the molecule is CCS(=O)C1CCCC(NC(=NC)NCCCN(C)c2ccccc2F)C1.I. The van der Waals surface area contributed by atoms with E-state index in [2.05, 4.69) is 15.6 Å². The Balaban J connectivity index is 0.00000392. The van der Waals surface area contributed by atoms with Crippen molar-refractivity contribution in [3.63, 3.8) is 0 Å². The highest BCUT2D eigenvalue weighted by Gasteiger charge is 2.25. The molecule has 0 bridgehead atoms. The molecule has 3 unspecified atom stereocenters. The second-order valence-corrected chi connectivity index (χ2v) is 9.03. The van der Waals surface area contributed by atoms with Gasteiger partial charge in [0.1, 0.15) is 5.82 Å². The number of hydrogen-bond acceptors (Lipinski definition) is 3. The van der Waals surface area contributed by atoms with Gasteiger partial charge in [0.05, 0.1) is 5.69 Å². The third-order valence-corrected chi connectivity index (χ3v) is 6.81. The molecule has 160 valence electrons. The van der Waals surface area contributed by atoms with Gasteiger partial charge in [-0.3, -0.25) is 9.20 Å². The van der Waals surface area contributed by atoms with Crippen molar-refractivity contribution < 1.29 is 8.60 Å². The molecule has 0 amide bonds. The van der Waals surface area contributed by atoms with Crippen molar-refractivity contribution in [2.75, 3.05) is 37.8 Å². The zero-order valence-electron chi connectivity index (χ0n) is 17.1. The van der Waals surface area contributed by atoms with Gasteiger partial charge in [-0.15, -0.1) is 24.0 Å². The zero-order chi connectivity index (χ0) is 19.6. The van der Waals surface area contributed by atoms with E-state index in [1.54, 1.807) is 19.2 Å². The Morgan fingerprint density at radius 1 is 1.36 bits per heavy atom. The van der Waals surface area contributed by atoms with Gasteiger partial charge < -0.3 is 15.5 Å². The number of nitrogens with zero attached hydrogens (tertiary/aromatic N) is 2. The maximum Gasteiger partial charge on any atom is 0.191 e. The molecule has 1 aromatic carbocycles.